The van der Waals surface area contributed by atoms with Gasteiger partial charge in [-0.3, -0.25) is 4.79 Å². The first-order valence-electron chi connectivity index (χ1n) is 7.00. The van der Waals surface area contributed by atoms with Crippen LogP contribution < -0.4 is 5.73 Å². The lowest BCUT2D eigenvalue weighted by Gasteiger charge is -2.24. The molecule has 4 nitrogen and oxygen atoms in total. The normalized spacial score (nSPS) is 16.1. The molecule has 4 heteroatoms. The third-order valence-corrected chi connectivity index (χ3v) is 4.20. The number of nitrogen functional groups attached to an aromatic ring is 1. The second-order valence-electron chi connectivity index (χ2n) is 5.61. The van der Waals surface area contributed by atoms with Gasteiger partial charge in [-0.25, -0.2) is 4.98 Å². The molecule has 0 radical (unpaired) electrons. The summed E-state index contributed by atoms with van der Waals surface area (Å²) in [6.07, 6.45) is 2.43. The van der Waals surface area contributed by atoms with E-state index >= 15 is 0 Å². The molecular formula is C16H19N3O. The van der Waals surface area contributed by atoms with Crippen LogP contribution in [-0.2, 0) is 0 Å². The maximum absolute atomic E-state index is 12.5. The average molecular weight is 269 g/mol. The number of nitrogens with two attached hydrogens (primary N) is 1. The van der Waals surface area contributed by atoms with Crippen LogP contribution in [0.4, 0.5) is 5.69 Å². The van der Waals surface area contributed by atoms with E-state index in [0.717, 1.165) is 10.9 Å². The zero-order valence-electron chi connectivity index (χ0n) is 11.8. The standard InChI is InChI=1S/C16H19N3O/c1-10(11-7-8-11)19(2)16(20)15-9-13(17)12-5-3-4-6-14(12)18-15/h3-6,9-11H,7-8H2,1-2H3,(H2,17,18). The van der Waals surface area contributed by atoms with Gasteiger partial charge in [0.25, 0.3) is 5.91 Å². The molecule has 1 amide bonds. The second kappa shape index (κ2) is 4.78. The van der Waals surface area contributed by atoms with Crippen molar-refractivity contribution in [2.24, 2.45) is 5.92 Å². The van der Waals surface area contributed by atoms with Crippen LogP contribution in [0.1, 0.15) is 30.3 Å². The molecule has 1 unspecified atom stereocenters. The number of carbonyl (C=O) groups excluding carboxylic acids is 1. The van der Waals surface area contributed by atoms with Crippen LogP contribution in [0.25, 0.3) is 10.9 Å². The summed E-state index contributed by atoms with van der Waals surface area (Å²) < 4.78 is 0. The summed E-state index contributed by atoms with van der Waals surface area (Å²) in [5, 5.41) is 0.891. The monoisotopic (exact) mass is 269 g/mol. The van der Waals surface area contributed by atoms with Gasteiger partial charge in [0.05, 0.1) is 5.52 Å². The number of rotatable bonds is 3. The molecule has 1 saturated carbocycles. The van der Waals surface area contributed by atoms with Gasteiger partial charge in [-0.05, 0) is 37.8 Å². The molecule has 1 fully saturated rings. The minimum absolute atomic E-state index is 0.0538. The highest BCUT2D eigenvalue weighted by Gasteiger charge is 2.33. The largest absolute Gasteiger partial charge is 0.398 e. The SMILES string of the molecule is CC(C1CC1)N(C)C(=O)c1cc(N)c2ccccc2n1. The highest BCUT2D eigenvalue weighted by atomic mass is 16.2. The number of hydrogen-bond donors (Lipinski definition) is 1. The van der Waals surface area contributed by atoms with Crippen molar-refractivity contribution in [3.63, 3.8) is 0 Å². The van der Waals surface area contributed by atoms with Crippen molar-refractivity contribution >= 4 is 22.5 Å². The van der Waals surface area contributed by atoms with Crippen molar-refractivity contribution in [2.75, 3.05) is 12.8 Å². The first-order chi connectivity index (χ1) is 9.58. The molecule has 1 aliphatic carbocycles. The number of anilines is 1. The summed E-state index contributed by atoms with van der Waals surface area (Å²) in [7, 11) is 1.85. The predicted octanol–water partition coefficient (Wildman–Crippen LogP) is 2.69. The van der Waals surface area contributed by atoms with Gasteiger partial charge in [0, 0.05) is 24.2 Å². The number of hydrogen-bond acceptors (Lipinski definition) is 3. The van der Waals surface area contributed by atoms with Crippen molar-refractivity contribution in [1.82, 2.24) is 9.88 Å². The van der Waals surface area contributed by atoms with Crippen LogP contribution in [0.2, 0.25) is 0 Å². The average Bonchev–Trinajstić information content (AvgIpc) is 3.29. The Hall–Kier alpha value is -2.10. The van der Waals surface area contributed by atoms with Crippen LogP contribution in [0.15, 0.2) is 30.3 Å². The number of fused-ring (bicyclic) bond motifs is 1. The Kier molecular flexibility index (Phi) is 3.08. The third kappa shape index (κ3) is 2.22. The van der Waals surface area contributed by atoms with E-state index in [-0.39, 0.29) is 11.9 Å². The van der Waals surface area contributed by atoms with Gasteiger partial charge in [-0.15, -0.1) is 0 Å². The maximum Gasteiger partial charge on any atom is 0.272 e. The number of pyridine rings is 1. The van der Waals surface area contributed by atoms with Crippen molar-refractivity contribution in [3.05, 3.63) is 36.0 Å². The van der Waals surface area contributed by atoms with E-state index in [1.165, 1.54) is 12.8 Å². The fourth-order valence-corrected chi connectivity index (χ4v) is 2.57. The van der Waals surface area contributed by atoms with Gasteiger partial charge in [0.2, 0.25) is 0 Å². The Balaban J connectivity index is 1.94. The summed E-state index contributed by atoms with van der Waals surface area (Å²) in [6, 6.07) is 9.57. The van der Waals surface area contributed by atoms with Gasteiger partial charge in [-0.1, -0.05) is 18.2 Å². The Morgan fingerprint density at radius 2 is 2.10 bits per heavy atom. The van der Waals surface area contributed by atoms with Crippen molar-refractivity contribution in [3.8, 4) is 0 Å². The number of para-hydroxylation sites is 1. The summed E-state index contributed by atoms with van der Waals surface area (Å²) in [5.74, 6) is 0.587. The molecule has 3 rings (SSSR count). The van der Waals surface area contributed by atoms with Crippen molar-refractivity contribution in [1.29, 1.82) is 0 Å². The van der Waals surface area contributed by atoms with Gasteiger partial charge >= 0.3 is 0 Å². The van der Waals surface area contributed by atoms with Crippen molar-refractivity contribution < 1.29 is 4.79 Å². The number of carbonyl (C=O) groups is 1. The summed E-state index contributed by atoms with van der Waals surface area (Å²) >= 11 is 0. The number of nitrogens with zero attached hydrogens (tertiary/aromatic N) is 2. The Labute approximate surface area is 118 Å². The molecule has 2 N–H and O–H groups in total. The Morgan fingerprint density at radius 1 is 1.40 bits per heavy atom. The summed E-state index contributed by atoms with van der Waals surface area (Å²) in [6.45, 7) is 2.10. The number of benzene rings is 1. The highest BCUT2D eigenvalue weighted by Crippen LogP contribution is 2.35. The van der Waals surface area contributed by atoms with E-state index in [4.69, 9.17) is 5.73 Å². The van der Waals surface area contributed by atoms with Gasteiger partial charge in [0.1, 0.15) is 5.69 Å². The molecule has 0 aliphatic heterocycles. The zero-order chi connectivity index (χ0) is 14.3. The van der Waals surface area contributed by atoms with Crippen molar-refractivity contribution in [2.45, 2.75) is 25.8 Å². The molecule has 1 aromatic carbocycles. The van der Waals surface area contributed by atoms with E-state index < -0.39 is 0 Å². The summed E-state index contributed by atoms with van der Waals surface area (Å²) in [5.41, 5.74) is 7.83. The maximum atomic E-state index is 12.5. The molecule has 0 bridgehead atoms. The first kappa shape index (κ1) is 12.9. The number of aromatic nitrogens is 1. The smallest absolute Gasteiger partial charge is 0.272 e. The van der Waals surface area contributed by atoms with Crippen LogP contribution in [0, 0.1) is 5.92 Å². The predicted molar refractivity (Wildman–Crippen MR) is 80.4 cm³/mol. The molecule has 1 aliphatic rings. The molecule has 1 aromatic heterocycles. The van der Waals surface area contributed by atoms with Gasteiger partial charge in [0.15, 0.2) is 0 Å². The summed E-state index contributed by atoms with van der Waals surface area (Å²) in [4.78, 5) is 18.8. The third-order valence-electron chi connectivity index (χ3n) is 4.20. The molecule has 1 atom stereocenters. The highest BCUT2D eigenvalue weighted by molar-refractivity contribution is 5.99. The van der Waals surface area contributed by atoms with Crippen LogP contribution in [-0.4, -0.2) is 28.9 Å². The minimum Gasteiger partial charge on any atom is -0.398 e. The van der Waals surface area contributed by atoms with Crippen LogP contribution in [0.3, 0.4) is 0 Å². The van der Waals surface area contributed by atoms with E-state index in [1.54, 1.807) is 11.0 Å². The molecule has 20 heavy (non-hydrogen) atoms. The van der Waals surface area contributed by atoms with E-state index in [1.807, 2.05) is 31.3 Å². The molecule has 0 spiro atoms. The second-order valence-corrected chi connectivity index (χ2v) is 5.61. The fourth-order valence-electron chi connectivity index (χ4n) is 2.57. The van der Waals surface area contributed by atoms with Crippen LogP contribution >= 0.6 is 0 Å². The molecule has 2 aromatic rings. The minimum atomic E-state index is -0.0538. The molecular weight excluding hydrogens is 250 g/mol. The van der Waals surface area contributed by atoms with E-state index in [0.29, 0.717) is 17.3 Å². The Morgan fingerprint density at radius 3 is 2.80 bits per heavy atom. The molecule has 104 valence electrons. The Bertz CT molecular complexity index is 664. The lowest BCUT2D eigenvalue weighted by atomic mass is 10.1. The topological polar surface area (TPSA) is 59.2 Å². The fraction of sp³-hybridized carbons (Fsp3) is 0.375. The molecule has 0 saturated heterocycles. The molecule has 1 heterocycles. The van der Waals surface area contributed by atoms with Gasteiger partial charge < -0.3 is 10.6 Å². The first-order valence-corrected chi connectivity index (χ1v) is 7.00. The lowest BCUT2D eigenvalue weighted by molar-refractivity contribution is 0.0722. The van der Waals surface area contributed by atoms with E-state index in [9.17, 15) is 4.79 Å². The zero-order valence-corrected chi connectivity index (χ0v) is 11.8. The van der Waals surface area contributed by atoms with Gasteiger partial charge in [-0.2, -0.15) is 0 Å². The van der Waals surface area contributed by atoms with Crippen LogP contribution in [0.5, 0.6) is 0 Å². The lowest BCUT2D eigenvalue weighted by Crippen LogP contribution is -2.36. The number of amides is 1. The van der Waals surface area contributed by atoms with E-state index in [2.05, 4.69) is 11.9 Å². The quantitative estimate of drug-likeness (QED) is 0.932.